The summed E-state index contributed by atoms with van der Waals surface area (Å²) in [5.74, 6) is 1.28. The SMILES string of the molecule is CCOc1cncc(NC2CC2N)n1. The molecule has 0 saturated heterocycles. The third-order valence-corrected chi connectivity index (χ3v) is 2.08. The molecule has 0 aromatic carbocycles. The Hall–Kier alpha value is -1.36. The highest BCUT2D eigenvalue weighted by atomic mass is 16.5. The van der Waals surface area contributed by atoms with Gasteiger partial charge in [-0.3, -0.25) is 4.98 Å². The van der Waals surface area contributed by atoms with E-state index in [9.17, 15) is 0 Å². The molecule has 3 N–H and O–H groups in total. The molecular formula is C9H14N4O. The summed E-state index contributed by atoms with van der Waals surface area (Å²) in [5, 5.41) is 3.19. The molecule has 1 saturated carbocycles. The van der Waals surface area contributed by atoms with Crippen molar-refractivity contribution in [1.29, 1.82) is 0 Å². The van der Waals surface area contributed by atoms with Crippen molar-refractivity contribution >= 4 is 5.82 Å². The number of ether oxygens (including phenoxy) is 1. The van der Waals surface area contributed by atoms with Gasteiger partial charge < -0.3 is 15.8 Å². The van der Waals surface area contributed by atoms with E-state index in [0.29, 0.717) is 18.5 Å². The quantitative estimate of drug-likeness (QED) is 0.725. The number of anilines is 1. The third-order valence-electron chi connectivity index (χ3n) is 2.08. The van der Waals surface area contributed by atoms with Crippen molar-refractivity contribution in [2.24, 2.45) is 5.73 Å². The lowest BCUT2D eigenvalue weighted by molar-refractivity contribution is 0.325. The second-order valence-corrected chi connectivity index (χ2v) is 3.33. The van der Waals surface area contributed by atoms with E-state index < -0.39 is 0 Å². The third kappa shape index (κ3) is 2.11. The van der Waals surface area contributed by atoms with Crippen LogP contribution in [0.4, 0.5) is 5.82 Å². The maximum Gasteiger partial charge on any atom is 0.234 e. The van der Waals surface area contributed by atoms with Gasteiger partial charge in [-0.05, 0) is 13.3 Å². The second-order valence-electron chi connectivity index (χ2n) is 3.33. The fraction of sp³-hybridized carbons (Fsp3) is 0.556. The second kappa shape index (κ2) is 3.79. The number of rotatable bonds is 4. The Morgan fingerprint density at radius 3 is 3.07 bits per heavy atom. The molecule has 1 aliphatic carbocycles. The van der Waals surface area contributed by atoms with Gasteiger partial charge in [0.05, 0.1) is 19.0 Å². The van der Waals surface area contributed by atoms with Crippen LogP contribution in [0.5, 0.6) is 5.88 Å². The standard InChI is InChI=1S/C9H14N4O/c1-2-14-9-5-11-4-8(13-9)12-7-3-6(7)10/h4-7H,2-3,10H2,1H3,(H,12,13). The summed E-state index contributed by atoms with van der Waals surface area (Å²) in [6.07, 6.45) is 4.27. The lowest BCUT2D eigenvalue weighted by Crippen LogP contribution is -2.14. The van der Waals surface area contributed by atoms with E-state index in [-0.39, 0.29) is 6.04 Å². The summed E-state index contributed by atoms with van der Waals surface area (Å²) in [7, 11) is 0. The monoisotopic (exact) mass is 194 g/mol. The topological polar surface area (TPSA) is 73.1 Å². The molecule has 1 aromatic rings. The smallest absolute Gasteiger partial charge is 0.234 e. The summed E-state index contributed by atoms with van der Waals surface area (Å²) in [6, 6.07) is 0.605. The highest BCUT2D eigenvalue weighted by Gasteiger charge is 2.33. The van der Waals surface area contributed by atoms with E-state index in [2.05, 4.69) is 15.3 Å². The van der Waals surface area contributed by atoms with E-state index in [1.807, 2.05) is 6.92 Å². The Morgan fingerprint density at radius 1 is 1.64 bits per heavy atom. The minimum atomic E-state index is 0.257. The van der Waals surface area contributed by atoms with E-state index in [4.69, 9.17) is 10.5 Å². The van der Waals surface area contributed by atoms with E-state index >= 15 is 0 Å². The van der Waals surface area contributed by atoms with Gasteiger partial charge in [0.1, 0.15) is 5.82 Å². The average Bonchev–Trinajstić information content (AvgIpc) is 2.83. The fourth-order valence-corrected chi connectivity index (χ4v) is 1.21. The molecule has 2 rings (SSSR count). The highest BCUT2D eigenvalue weighted by Crippen LogP contribution is 2.23. The lowest BCUT2D eigenvalue weighted by Gasteiger charge is -2.05. The number of hydrogen-bond donors (Lipinski definition) is 2. The van der Waals surface area contributed by atoms with Crippen molar-refractivity contribution in [3.63, 3.8) is 0 Å². The molecule has 0 bridgehead atoms. The van der Waals surface area contributed by atoms with Crippen LogP contribution in [0, 0.1) is 0 Å². The molecule has 5 heteroatoms. The van der Waals surface area contributed by atoms with Crippen molar-refractivity contribution in [3.8, 4) is 5.88 Å². The van der Waals surface area contributed by atoms with Gasteiger partial charge in [0.15, 0.2) is 0 Å². The van der Waals surface area contributed by atoms with E-state index in [1.54, 1.807) is 12.4 Å². The number of nitrogens with two attached hydrogens (primary N) is 1. The molecule has 0 spiro atoms. The fourth-order valence-electron chi connectivity index (χ4n) is 1.21. The van der Waals surface area contributed by atoms with Gasteiger partial charge >= 0.3 is 0 Å². The van der Waals surface area contributed by atoms with Crippen molar-refractivity contribution in [2.75, 3.05) is 11.9 Å². The van der Waals surface area contributed by atoms with E-state index in [1.165, 1.54) is 0 Å². The van der Waals surface area contributed by atoms with Crippen LogP contribution in [0.15, 0.2) is 12.4 Å². The largest absolute Gasteiger partial charge is 0.477 e. The molecule has 0 amide bonds. The van der Waals surface area contributed by atoms with Crippen LogP contribution in [0.3, 0.4) is 0 Å². The van der Waals surface area contributed by atoms with E-state index in [0.717, 1.165) is 12.2 Å². The zero-order chi connectivity index (χ0) is 9.97. The number of aromatic nitrogens is 2. The summed E-state index contributed by atoms with van der Waals surface area (Å²) in [4.78, 5) is 8.24. The molecule has 5 nitrogen and oxygen atoms in total. The maximum atomic E-state index is 5.67. The summed E-state index contributed by atoms with van der Waals surface area (Å²) in [5.41, 5.74) is 5.67. The molecule has 0 radical (unpaired) electrons. The molecule has 2 unspecified atom stereocenters. The Balaban J connectivity index is 1.99. The highest BCUT2D eigenvalue weighted by molar-refractivity contribution is 5.37. The molecule has 76 valence electrons. The molecule has 1 aliphatic rings. The minimum Gasteiger partial charge on any atom is -0.477 e. The van der Waals surface area contributed by atoms with Gasteiger partial charge in [0.2, 0.25) is 5.88 Å². The molecule has 0 aliphatic heterocycles. The van der Waals surface area contributed by atoms with Gasteiger partial charge in [-0.15, -0.1) is 0 Å². The predicted octanol–water partition coefficient (Wildman–Crippen LogP) is 0.387. The normalized spacial score (nSPS) is 24.4. The van der Waals surface area contributed by atoms with Crippen molar-refractivity contribution < 1.29 is 4.74 Å². The van der Waals surface area contributed by atoms with Crippen LogP contribution in [0.2, 0.25) is 0 Å². The van der Waals surface area contributed by atoms with Gasteiger partial charge in [-0.1, -0.05) is 0 Å². The molecule has 2 atom stereocenters. The first-order chi connectivity index (χ1) is 6.79. The van der Waals surface area contributed by atoms with Crippen molar-refractivity contribution in [3.05, 3.63) is 12.4 Å². The summed E-state index contributed by atoms with van der Waals surface area (Å²) >= 11 is 0. The number of nitrogens with zero attached hydrogens (tertiary/aromatic N) is 2. The molecule has 1 fully saturated rings. The molecule has 1 heterocycles. The Labute approximate surface area is 82.7 Å². The van der Waals surface area contributed by atoms with Crippen LogP contribution in [-0.4, -0.2) is 28.7 Å². The van der Waals surface area contributed by atoms with Gasteiger partial charge in [0, 0.05) is 12.1 Å². The first kappa shape index (κ1) is 9.21. The zero-order valence-corrected chi connectivity index (χ0v) is 8.10. The zero-order valence-electron chi connectivity index (χ0n) is 8.10. The first-order valence-electron chi connectivity index (χ1n) is 4.76. The predicted molar refractivity (Wildman–Crippen MR) is 53.2 cm³/mol. The van der Waals surface area contributed by atoms with Crippen LogP contribution >= 0.6 is 0 Å². The molecular weight excluding hydrogens is 180 g/mol. The van der Waals surface area contributed by atoms with Crippen molar-refractivity contribution in [2.45, 2.75) is 25.4 Å². The van der Waals surface area contributed by atoms with Crippen LogP contribution in [0.25, 0.3) is 0 Å². The van der Waals surface area contributed by atoms with Crippen LogP contribution in [0.1, 0.15) is 13.3 Å². The van der Waals surface area contributed by atoms with Gasteiger partial charge in [-0.2, -0.15) is 4.98 Å². The lowest BCUT2D eigenvalue weighted by atomic mass is 10.5. The maximum absolute atomic E-state index is 5.67. The molecule has 1 aromatic heterocycles. The Kier molecular flexibility index (Phi) is 2.49. The average molecular weight is 194 g/mol. The summed E-state index contributed by atoms with van der Waals surface area (Å²) in [6.45, 7) is 2.51. The minimum absolute atomic E-state index is 0.257. The van der Waals surface area contributed by atoms with Gasteiger partial charge in [-0.25, -0.2) is 0 Å². The summed E-state index contributed by atoms with van der Waals surface area (Å²) < 4.78 is 5.23. The number of hydrogen-bond acceptors (Lipinski definition) is 5. The molecule has 14 heavy (non-hydrogen) atoms. The van der Waals surface area contributed by atoms with Crippen LogP contribution in [-0.2, 0) is 0 Å². The first-order valence-corrected chi connectivity index (χ1v) is 4.76. The van der Waals surface area contributed by atoms with Crippen molar-refractivity contribution in [1.82, 2.24) is 9.97 Å². The van der Waals surface area contributed by atoms with Gasteiger partial charge in [0.25, 0.3) is 0 Å². The van der Waals surface area contributed by atoms with Crippen LogP contribution < -0.4 is 15.8 Å². The Bertz CT molecular complexity index is 317. The Morgan fingerprint density at radius 2 is 2.43 bits per heavy atom. The number of nitrogens with one attached hydrogen (secondary N) is 1.